The maximum absolute atomic E-state index is 9.46. The van der Waals surface area contributed by atoms with Gasteiger partial charge in [0.2, 0.25) is 0 Å². The maximum Gasteiger partial charge on any atom is 0.115 e. The molecule has 1 fully saturated rings. The highest BCUT2D eigenvalue weighted by molar-refractivity contribution is 5.31. The second kappa shape index (κ2) is 4.18. The smallest absolute Gasteiger partial charge is 0.115 e. The first-order valence-electron chi connectivity index (χ1n) is 5.00. The molecule has 0 saturated carbocycles. The van der Waals surface area contributed by atoms with Crippen LogP contribution in [0, 0.1) is 0 Å². The normalized spacial score (nSPS) is 26.5. The number of morpholine rings is 1. The quantitative estimate of drug-likeness (QED) is 0.651. The van der Waals surface area contributed by atoms with Crippen molar-refractivity contribution in [2.24, 2.45) is 0 Å². The van der Waals surface area contributed by atoms with Gasteiger partial charge in [0.15, 0.2) is 0 Å². The molecule has 3 N–H and O–H groups in total. The summed E-state index contributed by atoms with van der Waals surface area (Å²) in [5.41, 5.74) is 0.411. The number of hydrogen-bond acceptors (Lipinski definition) is 4. The number of nitrogens with one attached hydrogen (secondary N) is 1. The Morgan fingerprint density at radius 3 is 2.60 bits per heavy atom. The average Bonchev–Trinajstić information content (AvgIpc) is 2.31. The van der Waals surface area contributed by atoms with Gasteiger partial charge in [-0.3, -0.25) is 0 Å². The number of benzene rings is 1. The zero-order valence-corrected chi connectivity index (χ0v) is 8.44. The molecule has 1 aliphatic rings. The van der Waals surface area contributed by atoms with Crippen molar-refractivity contribution >= 4 is 0 Å². The SMILES string of the molecule is OCC1(c2ccc(O)cc2)COCCN1. The highest BCUT2D eigenvalue weighted by Crippen LogP contribution is 2.24. The summed E-state index contributed by atoms with van der Waals surface area (Å²) in [6.45, 7) is 1.83. The van der Waals surface area contributed by atoms with E-state index in [0.29, 0.717) is 13.2 Å². The lowest BCUT2D eigenvalue weighted by atomic mass is 9.90. The number of ether oxygens (including phenoxy) is 1. The van der Waals surface area contributed by atoms with Gasteiger partial charge in [0, 0.05) is 6.54 Å². The van der Waals surface area contributed by atoms with Gasteiger partial charge in [-0.2, -0.15) is 0 Å². The van der Waals surface area contributed by atoms with Crippen LogP contribution in [0.2, 0.25) is 0 Å². The Balaban J connectivity index is 2.28. The van der Waals surface area contributed by atoms with E-state index in [9.17, 15) is 10.2 Å². The monoisotopic (exact) mass is 209 g/mol. The van der Waals surface area contributed by atoms with E-state index in [1.807, 2.05) is 0 Å². The number of phenolic OH excluding ortho intramolecular Hbond substituents is 1. The number of hydrogen-bond donors (Lipinski definition) is 3. The van der Waals surface area contributed by atoms with Gasteiger partial charge in [0.25, 0.3) is 0 Å². The predicted molar refractivity (Wildman–Crippen MR) is 55.7 cm³/mol. The van der Waals surface area contributed by atoms with E-state index in [2.05, 4.69) is 5.32 Å². The summed E-state index contributed by atoms with van der Waals surface area (Å²) < 4.78 is 5.38. The largest absolute Gasteiger partial charge is 0.508 e. The minimum Gasteiger partial charge on any atom is -0.508 e. The van der Waals surface area contributed by atoms with Crippen molar-refractivity contribution in [3.05, 3.63) is 29.8 Å². The molecule has 4 nitrogen and oxygen atoms in total. The molecule has 1 heterocycles. The molecule has 15 heavy (non-hydrogen) atoms. The van der Waals surface area contributed by atoms with E-state index in [1.54, 1.807) is 24.3 Å². The van der Waals surface area contributed by atoms with Crippen molar-refractivity contribution in [3.63, 3.8) is 0 Å². The Morgan fingerprint density at radius 1 is 1.33 bits per heavy atom. The van der Waals surface area contributed by atoms with Gasteiger partial charge < -0.3 is 20.3 Å². The van der Waals surface area contributed by atoms with Crippen molar-refractivity contribution in [2.45, 2.75) is 5.54 Å². The fourth-order valence-electron chi connectivity index (χ4n) is 1.82. The van der Waals surface area contributed by atoms with Gasteiger partial charge in [-0.1, -0.05) is 12.1 Å². The highest BCUT2D eigenvalue weighted by atomic mass is 16.5. The van der Waals surface area contributed by atoms with Gasteiger partial charge in [-0.15, -0.1) is 0 Å². The maximum atomic E-state index is 9.46. The first-order valence-corrected chi connectivity index (χ1v) is 5.00. The van der Waals surface area contributed by atoms with Crippen LogP contribution in [-0.2, 0) is 10.3 Å². The second-order valence-electron chi connectivity index (χ2n) is 3.77. The molecule has 1 atom stereocenters. The molecule has 1 aromatic carbocycles. The summed E-state index contributed by atoms with van der Waals surface area (Å²) in [5, 5.41) is 21.9. The molecule has 0 amide bonds. The first-order chi connectivity index (χ1) is 7.27. The van der Waals surface area contributed by atoms with Crippen LogP contribution in [-0.4, -0.2) is 36.6 Å². The van der Waals surface area contributed by atoms with E-state index >= 15 is 0 Å². The summed E-state index contributed by atoms with van der Waals surface area (Å²) in [4.78, 5) is 0. The molecule has 1 saturated heterocycles. The van der Waals surface area contributed by atoms with Crippen LogP contribution in [0.5, 0.6) is 5.75 Å². The molecule has 0 radical (unpaired) electrons. The molecule has 2 rings (SSSR count). The molecule has 1 aliphatic heterocycles. The second-order valence-corrected chi connectivity index (χ2v) is 3.77. The van der Waals surface area contributed by atoms with Gasteiger partial charge in [0.1, 0.15) is 5.75 Å². The van der Waals surface area contributed by atoms with Crippen molar-refractivity contribution < 1.29 is 14.9 Å². The van der Waals surface area contributed by atoms with E-state index in [-0.39, 0.29) is 12.4 Å². The summed E-state index contributed by atoms with van der Waals surface area (Å²) in [5.74, 6) is 0.226. The van der Waals surface area contributed by atoms with E-state index < -0.39 is 5.54 Å². The Kier molecular flexibility index (Phi) is 2.90. The Morgan fingerprint density at radius 2 is 2.07 bits per heavy atom. The Bertz CT molecular complexity index is 317. The zero-order valence-electron chi connectivity index (χ0n) is 8.44. The third kappa shape index (κ3) is 1.97. The van der Waals surface area contributed by atoms with Crippen LogP contribution < -0.4 is 5.32 Å². The summed E-state index contributed by atoms with van der Waals surface area (Å²) in [7, 11) is 0. The van der Waals surface area contributed by atoms with E-state index in [4.69, 9.17) is 4.74 Å². The molecule has 4 heteroatoms. The molecule has 0 aliphatic carbocycles. The number of rotatable bonds is 2. The molecule has 0 aromatic heterocycles. The van der Waals surface area contributed by atoms with Crippen LogP contribution in [0.25, 0.3) is 0 Å². The number of phenols is 1. The lowest BCUT2D eigenvalue weighted by Crippen LogP contribution is -2.54. The van der Waals surface area contributed by atoms with Crippen LogP contribution in [0.3, 0.4) is 0 Å². The molecular weight excluding hydrogens is 194 g/mol. The third-order valence-corrected chi connectivity index (χ3v) is 2.75. The lowest BCUT2D eigenvalue weighted by molar-refractivity contribution is -0.00334. The third-order valence-electron chi connectivity index (χ3n) is 2.75. The molecule has 0 spiro atoms. The first kappa shape index (κ1) is 10.4. The van der Waals surface area contributed by atoms with Crippen molar-refractivity contribution in [3.8, 4) is 5.75 Å². The Labute approximate surface area is 88.5 Å². The molecular formula is C11H15NO3. The number of aliphatic hydroxyl groups is 1. The molecule has 1 unspecified atom stereocenters. The minimum absolute atomic E-state index is 0.0161. The standard InChI is InChI=1S/C11H15NO3/c13-7-11(8-15-6-5-12-11)9-1-3-10(14)4-2-9/h1-4,12-14H,5-8H2. The van der Waals surface area contributed by atoms with Crippen LogP contribution in [0.1, 0.15) is 5.56 Å². The van der Waals surface area contributed by atoms with Crippen LogP contribution in [0.15, 0.2) is 24.3 Å². The van der Waals surface area contributed by atoms with Crippen LogP contribution in [0.4, 0.5) is 0 Å². The molecule has 1 aromatic rings. The topological polar surface area (TPSA) is 61.7 Å². The fraction of sp³-hybridized carbons (Fsp3) is 0.455. The Hall–Kier alpha value is -1.10. The summed E-state index contributed by atoms with van der Waals surface area (Å²) in [6, 6.07) is 6.83. The van der Waals surface area contributed by atoms with Gasteiger partial charge in [0.05, 0.1) is 25.4 Å². The van der Waals surface area contributed by atoms with Gasteiger partial charge in [-0.05, 0) is 17.7 Å². The summed E-state index contributed by atoms with van der Waals surface area (Å²) >= 11 is 0. The van der Waals surface area contributed by atoms with E-state index in [1.165, 1.54) is 0 Å². The highest BCUT2D eigenvalue weighted by Gasteiger charge is 2.33. The number of aromatic hydroxyl groups is 1. The van der Waals surface area contributed by atoms with Crippen LogP contribution >= 0.6 is 0 Å². The molecule has 0 bridgehead atoms. The fourth-order valence-corrected chi connectivity index (χ4v) is 1.82. The number of aliphatic hydroxyl groups excluding tert-OH is 1. The van der Waals surface area contributed by atoms with Crippen molar-refractivity contribution in [1.29, 1.82) is 0 Å². The summed E-state index contributed by atoms with van der Waals surface area (Å²) in [6.07, 6.45) is 0. The molecule has 82 valence electrons. The predicted octanol–water partition coefficient (Wildman–Crippen LogP) is 0.200. The minimum atomic E-state index is -0.522. The van der Waals surface area contributed by atoms with Crippen molar-refractivity contribution in [1.82, 2.24) is 5.32 Å². The zero-order chi connectivity index (χ0) is 10.7. The van der Waals surface area contributed by atoms with E-state index in [0.717, 1.165) is 12.1 Å². The van der Waals surface area contributed by atoms with Gasteiger partial charge in [-0.25, -0.2) is 0 Å². The van der Waals surface area contributed by atoms with Gasteiger partial charge >= 0.3 is 0 Å². The lowest BCUT2D eigenvalue weighted by Gasteiger charge is -2.37. The average molecular weight is 209 g/mol. The van der Waals surface area contributed by atoms with Crippen molar-refractivity contribution in [2.75, 3.05) is 26.4 Å².